The number of rotatable bonds is 2. The van der Waals surface area contributed by atoms with Crippen molar-refractivity contribution in [1.82, 2.24) is 9.78 Å². The zero-order chi connectivity index (χ0) is 11.7. The van der Waals surface area contributed by atoms with E-state index in [1.165, 1.54) is 5.56 Å². The second-order valence-electron chi connectivity index (χ2n) is 3.53. The molecule has 1 heterocycles. The maximum absolute atomic E-state index is 5.98. The molecule has 0 aliphatic heterocycles. The number of halogens is 2. The number of nitrogens with two attached hydrogens (primary N) is 1. The van der Waals surface area contributed by atoms with E-state index >= 15 is 0 Å². The van der Waals surface area contributed by atoms with Gasteiger partial charge in [-0.25, -0.2) is 4.68 Å². The number of aromatic nitrogens is 2. The van der Waals surface area contributed by atoms with Gasteiger partial charge in [0, 0.05) is 4.47 Å². The molecule has 0 atom stereocenters. The molecule has 84 valence electrons. The van der Waals surface area contributed by atoms with E-state index in [0.717, 1.165) is 19.6 Å². The van der Waals surface area contributed by atoms with Crippen molar-refractivity contribution in [3.8, 4) is 0 Å². The van der Waals surface area contributed by atoms with Crippen LogP contribution in [0.25, 0.3) is 0 Å². The molecule has 16 heavy (non-hydrogen) atoms. The molecule has 2 N–H and O–H groups in total. The van der Waals surface area contributed by atoms with Crippen molar-refractivity contribution in [2.75, 3.05) is 5.73 Å². The van der Waals surface area contributed by atoms with E-state index in [0.29, 0.717) is 6.54 Å². The fourth-order valence-electron chi connectivity index (χ4n) is 1.49. The number of hydrogen-bond donors (Lipinski definition) is 1. The van der Waals surface area contributed by atoms with E-state index < -0.39 is 0 Å². The van der Waals surface area contributed by atoms with Crippen LogP contribution in [-0.2, 0) is 6.54 Å². The predicted octanol–water partition coefficient (Wildman–Crippen LogP) is 3.19. The van der Waals surface area contributed by atoms with Gasteiger partial charge in [-0.3, -0.25) is 0 Å². The fourth-order valence-corrected chi connectivity index (χ4v) is 2.28. The molecule has 0 aliphatic carbocycles. The molecule has 2 aromatic rings. The first-order valence-corrected chi connectivity index (χ1v) is 6.68. The Bertz CT molecular complexity index is 522. The number of hydrogen-bond acceptors (Lipinski definition) is 2. The van der Waals surface area contributed by atoms with Crippen LogP contribution >= 0.6 is 38.5 Å². The highest BCUT2D eigenvalue weighted by molar-refractivity contribution is 14.1. The van der Waals surface area contributed by atoms with Gasteiger partial charge in [0.05, 0.1) is 15.8 Å². The van der Waals surface area contributed by atoms with E-state index in [2.05, 4.69) is 49.7 Å². The second kappa shape index (κ2) is 4.75. The average Bonchev–Trinajstić information content (AvgIpc) is 2.50. The molecule has 3 nitrogen and oxygen atoms in total. The average molecular weight is 392 g/mol. The van der Waals surface area contributed by atoms with Crippen molar-refractivity contribution in [2.24, 2.45) is 0 Å². The lowest BCUT2D eigenvalue weighted by molar-refractivity contribution is 0.687. The van der Waals surface area contributed by atoms with E-state index in [1.807, 2.05) is 29.8 Å². The first-order chi connectivity index (χ1) is 7.59. The highest BCUT2D eigenvalue weighted by Gasteiger charge is 2.10. The van der Waals surface area contributed by atoms with Crippen molar-refractivity contribution >= 4 is 44.3 Å². The third kappa shape index (κ3) is 2.24. The number of anilines is 1. The summed E-state index contributed by atoms with van der Waals surface area (Å²) in [5.41, 5.74) is 8.13. The summed E-state index contributed by atoms with van der Waals surface area (Å²) in [7, 11) is 0. The van der Waals surface area contributed by atoms with Crippen molar-refractivity contribution in [3.63, 3.8) is 0 Å². The Labute approximate surface area is 116 Å². The Morgan fingerprint density at radius 3 is 2.69 bits per heavy atom. The van der Waals surface area contributed by atoms with Crippen LogP contribution in [0.15, 0.2) is 28.7 Å². The van der Waals surface area contributed by atoms with Gasteiger partial charge in [0.15, 0.2) is 0 Å². The number of benzene rings is 1. The molecule has 1 aromatic carbocycles. The van der Waals surface area contributed by atoms with Gasteiger partial charge < -0.3 is 5.73 Å². The molecule has 0 bridgehead atoms. The topological polar surface area (TPSA) is 43.8 Å². The second-order valence-corrected chi connectivity index (χ2v) is 5.47. The molecule has 2 rings (SSSR count). The Morgan fingerprint density at radius 1 is 1.44 bits per heavy atom. The quantitative estimate of drug-likeness (QED) is 0.799. The molecule has 1 aromatic heterocycles. The molecular weight excluding hydrogens is 381 g/mol. The van der Waals surface area contributed by atoms with Gasteiger partial charge in [-0.15, -0.1) is 0 Å². The zero-order valence-corrected chi connectivity index (χ0v) is 12.5. The van der Waals surface area contributed by atoms with E-state index in [-0.39, 0.29) is 0 Å². The molecule has 0 amide bonds. The predicted molar refractivity (Wildman–Crippen MR) is 77.3 cm³/mol. The maximum atomic E-state index is 5.98. The monoisotopic (exact) mass is 391 g/mol. The van der Waals surface area contributed by atoms with Gasteiger partial charge >= 0.3 is 0 Å². The minimum atomic E-state index is 0.692. The highest BCUT2D eigenvalue weighted by atomic mass is 127. The first kappa shape index (κ1) is 11.9. The lowest BCUT2D eigenvalue weighted by atomic mass is 10.2. The molecule has 5 heteroatoms. The van der Waals surface area contributed by atoms with Crippen molar-refractivity contribution < 1.29 is 0 Å². The normalized spacial score (nSPS) is 10.7. The summed E-state index contributed by atoms with van der Waals surface area (Å²) >= 11 is 5.74. The van der Waals surface area contributed by atoms with E-state index in [1.54, 1.807) is 0 Å². The first-order valence-electron chi connectivity index (χ1n) is 4.81. The molecule has 0 spiro atoms. The summed E-state index contributed by atoms with van der Waals surface area (Å²) in [6.45, 7) is 2.66. The smallest absolute Gasteiger partial charge is 0.135 e. The summed E-state index contributed by atoms with van der Waals surface area (Å²) < 4.78 is 3.94. The lowest BCUT2D eigenvalue weighted by Gasteiger charge is -2.06. The van der Waals surface area contributed by atoms with Crippen molar-refractivity contribution in [2.45, 2.75) is 13.5 Å². The number of nitrogens with zero attached hydrogens (tertiary/aromatic N) is 2. The third-order valence-corrected chi connectivity index (χ3v) is 4.48. The van der Waals surface area contributed by atoms with Gasteiger partial charge in [-0.1, -0.05) is 34.1 Å². The minimum absolute atomic E-state index is 0.692. The summed E-state index contributed by atoms with van der Waals surface area (Å²) in [6, 6.07) is 8.09. The van der Waals surface area contributed by atoms with Crippen molar-refractivity contribution in [1.29, 1.82) is 0 Å². The van der Waals surface area contributed by atoms with E-state index in [9.17, 15) is 0 Å². The minimum Gasteiger partial charge on any atom is -0.383 e. The molecule has 0 fully saturated rings. The van der Waals surface area contributed by atoms with Gasteiger partial charge in [-0.05, 0) is 41.1 Å². The SMILES string of the molecule is Cc1nn(Cc2ccccc2Br)c(N)c1I. The van der Waals surface area contributed by atoms with Crippen molar-refractivity contribution in [3.05, 3.63) is 43.6 Å². The molecule has 0 saturated carbocycles. The fraction of sp³-hybridized carbons (Fsp3) is 0.182. The number of aryl methyl sites for hydroxylation is 1. The van der Waals surface area contributed by atoms with Crippen LogP contribution in [0.4, 0.5) is 5.82 Å². The molecule has 0 unspecified atom stereocenters. The van der Waals surface area contributed by atoms with Crippen LogP contribution in [0.3, 0.4) is 0 Å². The van der Waals surface area contributed by atoms with Gasteiger partial charge in [0.2, 0.25) is 0 Å². The van der Waals surface area contributed by atoms with Crippen LogP contribution in [0.2, 0.25) is 0 Å². The maximum Gasteiger partial charge on any atom is 0.135 e. The van der Waals surface area contributed by atoms with Crippen LogP contribution in [0.5, 0.6) is 0 Å². The molecule has 0 radical (unpaired) electrons. The Kier molecular flexibility index (Phi) is 3.53. The van der Waals surface area contributed by atoms with E-state index in [4.69, 9.17) is 5.73 Å². The Morgan fingerprint density at radius 2 is 2.12 bits per heavy atom. The summed E-state index contributed by atoms with van der Waals surface area (Å²) in [5, 5.41) is 4.41. The van der Waals surface area contributed by atoms with Crippen LogP contribution in [0.1, 0.15) is 11.3 Å². The Balaban J connectivity index is 2.34. The molecule has 0 saturated heterocycles. The standard InChI is InChI=1S/C11H11BrIN3/c1-7-10(13)11(14)16(15-7)6-8-4-2-3-5-9(8)12/h2-5H,6,14H2,1H3. The third-order valence-electron chi connectivity index (χ3n) is 2.37. The summed E-state index contributed by atoms with van der Waals surface area (Å²) in [6.07, 6.45) is 0. The van der Waals surface area contributed by atoms with Crippen LogP contribution < -0.4 is 5.73 Å². The lowest BCUT2D eigenvalue weighted by Crippen LogP contribution is -2.06. The summed E-state index contributed by atoms with van der Waals surface area (Å²) in [5.74, 6) is 0.730. The number of nitrogen functional groups attached to an aromatic ring is 1. The molecular formula is C11H11BrIN3. The summed E-state index contributed by atoms with van der Waals surface area (Å²) in [4.78, 5) is 0. The van der Waals surface area contributed by atoms with Gasteiger partial charge in [-0.2, -0.15) is 5.10 Å². The largest absolute Gasteiger partial charge is 0.383 e. The van der Waals surface area contributed by atoms with Gasteiger partial charge in [0.1, 0.15) is 5.82 Å². The highest BCUT2D eigenvalue weighted by Crippen LogP contribution is 2.22. The zero-order valence-electron chi connectivity index (χ0n) is 8.74. The molecule has 0 aliphatic rings. The Hall–Kier alpha value is -0.560. The van der Waals surface area contributed by atoms with Crippen LogP contribution in [0, 0.1) is 10.5 Å². The van der Waals surface area contributed by atoms with Crippen LogP contribution in [-0.4, -0.2) is 9.78 Å². The van der Waals surface area contributed by atoms with Gasteiger partial charge in [0.25, 0.3) is 0 Å².